The zero-order chi connectivity index (χ0) is 12.1. The molecule has 0 saturated heterocycles. The lowest BCUT2D eigenvalue weighted by molar-refractivity contribution is 0.163. The Morgan fingerprint density at radius 2 is 2.35 bits per heavy atom. The van der Waals surface area contributed by atoms with E-state index < -0.39 is 0 Å². The van der Waals surface area contributed by atoms with E-state index in [4.69, 9.17) is 4.74 Å². The third kappa shape index (κ3) is 3.04. The molecule has 0 saturated carbocycles. The van der Waals surface area contributed by atoms with Crippen LogP contribution in [0.15, 0.2) is 24.0 Å². The molecule has 1 atom stereocenters. The first kappa shape index (κ1) is 12.1. The van der Waals surface area contributed by atoms with Crippen molar-refractivity contribution in [2.45, 2.75) is 19.5 Å². The number of methoxy groups -OCH3 is 1. The van der Waals surface area contributed by atoms with Crippen LogP contribution in [0.1, 0.15) is 18.0 Å². The van der Waals surface area contributed by atoms with Crippen molar-refractivity contribution in [1.29, 1.82) is 0 Å². The fourth-order valence-corrected chi connectivity index (χ4v) is 2.18. The lowest BCUT2D eigenvalue weighted by atomic mass is 10.3. The van der Waals surface area contributed by atoms with Gasteiger partial charge in [-0.1, -0.05) is 0 Å². The zero-order valence-electron chi connectivity index (χ0n) is 9.96. The first-order valence-electron chi connectivity index (χ1n) is 5.45. The predicted molar refractivity (Wildman–Crippen MR) is 68.3 cm³/mol. The second kappa shape index (κ2) is 5.79. The molecule has 0 aliphatic rings. The average molecular weight is 252 g/mol. The minimum atomic E-state index is 0.265. The van der Waals surface area contributed by atoms with Crippen LogP contribution in [-0.4, -0.2) is 28.3 Å². The normalized spacial score (nSPS) is 12.6. The number of aromatic nitrogens is 3. The first-order valence-corrected chi connectivity index (χ1v) is 6.33. The minimum Gasteiger partial charge on any atom is -0.383 e. The van der Waals surface area contributed by atoms with Crippen LogP contribution in [0.5, 0.6) is 0 Å². The maximum Gasteiger partial charge on any atom is 0.203 e. The Morgan fingerprint density at radius 1 is 1.47 bits per heavy atom. The highest BCUT2D eigenvalue weighted by atomic mass is 32.1. The Morgan fingerprint density at radius 3 is 3.06 bits per heavy atom. The molecule has 0 aromatic carbocycles. The van der Waals surface area contributed by atoms with Gasteiger partial charge in [0.15, 0.2) is 0 Å². The van der Waals surface area contributed by atoms with Gasteiger partial charge in [0.1, 0.15) is 5.01 Å². The highest BCUT2D eigenvalue weighted by molar-refractivity contribution is 7.09. The summed E-state index contributed by atoms with van der Waals surface area (Å²) in [6.07, 6.45) is 5.55. The summed E-state index contributed by atoms with van der Waals surface area (Å²) >= 11 is 1.63. The first-order chi connectivity index (χ1) is 8.31. The minimum absolute atomic E-state index is 0.265. The van der Waals surface area contributed by atoms with E-state index in [1.54, 1.807) is 24.6 Å². The van der Waals surface area contributed by atoms with E-state index >= 15 is 0 Å². The monoisotopic (exact) mass is 252 g/mol. The highest BCUT2D eigenvalue weighted by Gasteiger charge is 2.09. The Kier molecular flexibility index (Phi) is 4.11. The van der Waals surface area contributed by atoms with Gasteiger partial charge in [-0.05, 0) is 6.92 Å². The van der Waals surface area contributed by atoms with Crippen molar-refractivity contribution in [3.63, 3.8) is 0 Å². The van der Waals surface area contributed by atoms with Gasteiger partial charge < -0.3 is 14.6 Å². The summed E-state index contributed by atoms with van der Waals surface area (Å²) in [7, 11) is 1.70. The summed E-state index contributed by atoms with van der Waals surface area (Å²) in [5.74, 6) is 0.852. The lowest BCUT2D eigenvalue weighted by Crippen LogP contribution is -2.14. The summed E-state index contributed by atoms with van der Waals surface area (Å²) in [6, 6.07) is 0.265. The van der Waals surface area contributed by atoms with Crippen LogP contribution in [0.25, 0.3) is 0 Å². The van der Waals surface area contributed by atoms with Gasteiger partial charge in [0.05, 0.1) is 19.2 Å². The Hall–Kier alpha value is -1.40. The van der Waals surface area contributed by atoms with E-state index in [0.29, 0.717) is 13.2 Å². The molecule has 0 aliphatic heterocycles. The average Bonchev–Trinajstić information content (AvgIpc) is 2.98. The fraction of sp³-hybridized carbons (Fsp3) is 0.455. The summed E-state index contributed by atoms with van der Waals surface area (Å²) in [5, 5.41) is 6.30. The van der Waals surface area contributed by atoms with E-state index in [1.807, 2.05) is 17.8 Å². The van der Waals surface area contributed by atoms with Gasteiger partial charge in [0.25, 0.3) is 0 Å². The van der Waals surface area contributed by atoms with Crippen LogP contribution in [0, 0.1) is 0 Å². The number of nitrogens with zero attached hydrogens (tertiary/aromatic N) is 3. The van der Waals surface area contributed by atoms with Crippen molar-refractivity contribution >= 4 is 17.3 Å². The van der Waals surface area contributed by atoms with E-state index in [0.717, 1.165) is 11.0 Å². The third-order valence-electron chi connectivity index (χ3n) is 2.43. The third-order valence-corrected chi connectivity index (χ3v) is 3.21. The van der Waals surface area contributed by atoms with Crippen LogP contribution in [0.2, 0.25) is 0 Å². The number of thiazole rings is 1. The second-order valence-electron chi connectivity index (χ2n) is 3.74. The standard InChI is InChI=1S/C11H16N4OS/c1-9(8-16-2)15-5-3-13-11(15)14-7-10-12-4-6-17-10/h3-6,9H,7-8H2,1-2H3,(H,13,14). The highest BCUT2D eigenvalue weighted by Crippen LogP contribution is 2.15. The fourth-order valence-electron chi connectivity index (χ4n) is 1.62. The molecule has 5 nitrogen and oxygen atoms in total. The van der Waals surface area contributed by atoms with Crippen molar-refractivity contribution in [2.24, 2.45) is 0 Å². The molecular formula is C11H16N4OS. The molecule has 2 aromatic rings. The SMILES string of the molecule is COCC(C)n1ccnc1NCc1nccs1. The molecule has 0 spiro atoms. The number of nitrogens with one attached hydrogen (secondary N) is 1. The molecule has 0 radical (unpaired) electrons. The van der Waals surface area contributed by atoms with E-state index in [-0.39, 0.29) is 6.04 Å². The van der Waals surface area contributed by atoms with Crippen molar-refractivity contribution in [2.75, 3.05) is 19.0 Å². The molecule has 2 aromatic heterocycles. The van der Waals surface area contributed by atoms with E-state index in [2.05, 4.69) is 26.8 Å². The molecule has 0 amide bonds. The zero-order valence-corrected chi connectivity index (χ0v) is 10.8. The molecular weight excluding hydrogens is 236 g/mol. The molecule has 1 N–H and O–H groups in total. The van der Waals surface area contributed by atoms with Crippen molar-refractivity contribution in [3.8, 4) is 0 Å². The topological polar surface area (TPSA) is 52.0 Å². The van der Waals surface area contributed by atoms with Gasteiger partial charge >= 0.3 is 0 Å². The summed E-state index contributed by atoms with van der Waals surface area (Å²) < 4.78 is 7.21. The summed E-state index contributed by atoms with van der Waals surface area (Å²) in [5.41, 5.74) is 0. The number of rotatable bonds is 6. The van der Waals surface area contributed by atoms with Gasteiger partial charge in [-0.15, -0.1) is 11.3 Å². The predicted octanol–water partition coefficient (Wildman–Crippen LogP) is 2.16. The molecule has 17 heavy (non-hydrogen) atoms. The van der Waals surface area contributed by atoms with Gasteiger partial charge in [-0.2, -0.15) is 0 Å². The van der Waals surface area contributed by atoms with Crippen molar-refractivity contribution in [3.05, 3.63) is 29.0 Å². The quantitative estimate of drug-likeness (QED) is 0.856. The smallest absolute Gasteiger partial charge is 0.203 e. The number of anilines is 1. The Labute approximate surface area is 104 Å². The largest absolute Gasteiger partial charge is 0.383 e. The molecule has 2 rings (SSSR count). The van der Waals surface area contributed by atoms with Crippen LogP contribution >= 0.6 is 11.3 Å². The van der Waals surface area contributed by atoms with Crippen molar-refractivity contribution < 1.29 is 4.74 Å². The summed E-state index contributed by atoms with van der Waals surface area (Å²) in [6.45, 7) is 3.47. The number of imidazole rings is 1. The summed E-state index contributed by atoms with van der Waals surface area (Å²) in [4.78, 5) is 8.51. The van der Waals surface area contributed by atoms with Crippen LogP contribution in [0.4, 0.5) is 5.95 Å². The van der Waals surface area contributed by atoms with Crippen LogP contribution in [-0.2, 0) is 11.3 Å². The van der Waals surface area contributed by atoms with Gasteiger partial charge in [0.2, 0.25) is 5.95 Å². The molecule has 2 heterocycles. The molecule has 92 valence electrons. The second-order valence-corrected chi connectivity index (χ2v) is 4.72. The Bertz CT molecular complexity index is 440. The molecule has 0 aliphatic carbocycles. The Balaban J connectivity index is 1.99. The molecule has 0 bridgehead atoms. The maximum atomic E-state index is 5.15. The number of hydrogen-bond acceptors (Lipinski definition) is 5. The van der Waals surface area contributed by atoms with Crippen LogP contribution in [0.3, 0.4) is 0 Å². The maximum absolute atomic E-state index is 5.15. The lowest BCUT2D eigenvalue weighted by Gasteiger charge is -2.15. The molecule has 6 heteroatoms. The van der Waals surface area contributed by atoms with Gasteiger partial charge in [0, 0.05) is 31.1 Å². The van der Waals surface area contributed by atoms with E-state index in [1.165, 1.54) is 0 Å². The van der Waals surface area contributed by atoms with Crippen LogP contribution < -0.4 is 5.32 Å². The molecule has 1 unspecified atom stereocenters. The van der Waals surface area contributed by atoms with Gasteiger partial charge in [-0.3, -0.25) is 0 Å². The number of ether oxygens (including phenoxy) is 1. The number of hydrogen-bond donors (Lipinski definition) is 1. The van der Waals surface area contributed by atoms with Crippen molar-refractivity contribution in [1.82, 2.24) is 14.5 Å². The molecule has 0 fully saturated rings. The van der Waals surface area contributed by atoms with E-state index in [9.17, 15) is 0 Å². The van der Waals surface area contributed by atoms with Gasteiger partial charge in [-0.25, -0.2) is 9.97 Å².